The van der Waals surface area contributed by atoms with Gasteiger partial charge >= 0.3 is 0 Å². The Morgan fingerprint density at radius 1 is 0.935 bits per heavy atom. The molecule has 1 aliphatic carbocycles. The average Bonchev–Trinajstić information content (AvgIpc) is 2.75. The van der Waals surface area contributed by atoms with E-state index in [1.807, 2.05) is 18.2 Å². The van der Waals surface area contributed by atoms with Gasteiger partial charge in [-0.1, -0.05) is 69.7 Å². The van der Waals surface area contributed by atoms with E-state index in [-0.39, 0.29) is 18.4 Å². The molecule has 3 rings (SSSR count). The number of halogens is 3. The number of benzene rings is 2. The largest absolute Gasteiger partial charge is 0.307 e. The van der Waals surface area contributed by atoms with E-state index in [0.717, 1.165) is 31.2 Å². The first kappa shape index (κ1) is 23.4. The molecule has 2 aromatic rings. The summed E-state index contributed by atoms with van der Waals surface area (Å²) in [5.41, 5.74) is 1.92. The van der Waals surface area contributed by atoms with Crippen molar-refractivity contribution in [3.63, 3.8) is 0 Å². The van der Waals surface area contributed by atoms with E-state index in [0.29, 0.717) is 31.4 Å². The van der Waals surface area contributed by atoms with E-state index < -0.39 is 23.1 Å². The number of carbonyl (C=O) groups excluding carboxylic acids is 1. The summed E-state index contributed by atoms with van der Waals surface area (Å²) in [6, 6.07) is 9.30. The standard InChI is InChI=1S/C26H32F3NO/c1-2-3-4-5-6-7-10-15-30(25-23(28)17-22(27)18-24(25)29)26(31)21-14-13-19-11-8-9-12-20(19)16-21/h8-9,11-12,17-18,21H,2-7,10,13-16H2,1H3. The van der Waals surface area contributed by atoms with Crippen molar-refractivity contribution in [1.82, 2.24) is 0 Å². The van der Waals surface area contributed by atoms with E-state index in [4.69, 9.17) is 0 Å². The third-order valence-corrected chi connectivity index (χ3v) is 6.20. The lowest BCUT2D eigenvalue weighted by Gasteiger charge is -2.31. The summed E-state index contributed by atoms with van der Waals surface area (Å²) in [4.78, 5) is 14.6. The summed E-state index contributed by atoms with van der Waals surface area (Å²) in [6.45, 7) is 2.41. The number of hydrogen-bond donors (Lipinski definition) is 0. The van der Waals surface area contributed by atoms with Gasteiger partial charge < -0.3 is 4.90 Å². The second kappa shape index (κ2) is 11.4. The number of fused-ring (bicyclic) bond motifs is 1. The molecule has 168 valence electrons. The van der Waals surface area contributed by atoms with Crippen LogP contribution < -0.4 is 4.90 Å². The maximum absolute atomic E-state index is 14.6. The number of carbonyl (C=O) groups is 1. The molecule has 2 aromatic carbocycles. The maximum Gasteiger partial charge on any atom is 0.230 e. The average molecular weight is 432 g/mol. The Balaban J connectivity index is 1.74. The summed E-state index contributed by atoms with van der Waals surface area (Å²) < 4.78 is 42.6. The Kier molecular flexibility index (Phi) is 8.56. The molecule has 0 bridgehead atoms. The Labute approximate surface area is 183 Å². The van der Waals surface area contributed by atoms with Gasteiger partial charge in [-0.2, -0.15) is 0 Å². The highest BCUT2D eigenvalue weighted by molar-refractivity contribution is 5.95. The number of anilines is 1. The van der Waals surface area contributed by atoms with Crippen LogP contribution in [0.15, 0.2) is 36.4 Å². The van der Waals surface area contributed by atoms with Crippen molar-refractivity contribution in [2.75, 3.05) is 11.4 Å². The van der Waals surface area contributed by atoms with Crippen molar-refractivity contribution in [2.45, 2.75) is 71.1 Å². The fourth-order valence-electron chi connectivity index (χ4n) is 4.48. The van der Waals surface area contributed by atoms with E-state index in [9.17, 15) is 18.0 Å². The summed E-state index contributed by atoms with van der Waals surface area (Å²) in [7, 11) is 0. The van der Waals surface area contributed by atoms with Gasteiger partial charge in [0.15, 0.2) is 11.6 Å². The predicted octanol–water partition coefficient (Wildman–Crippen LogP) is 6.99. The Bertz CT molecular complexity index is 860. The number of nitrogens with zero attached hydrogens (tertiary/aromatic N) is 1. The highest BCUT2D eigenvalue weighted by Crippen LogP contribution is 2.31. The monoisotopic (exact) mass is 431 g/mol. The van der Waals surface area contributed by atoms with E-state index in [1.54, 1.807) is 0 Å². The van der Waals surface area contributed by atoms with E-state index >= 15 is 0 Å². The molecule has 0 aromatic heterocycles. The van der Waals surface area contributed by atoms with E-state index in [1.165, 1.54) is 29.7 Å². The van der Waals surface area contributed by atoms with Gasteiger partial charge in [-0.25, -0.2) is 13.2 Å². The molecule has 5 heteroatoms. The zero-order valence-corrected chi connectivity index (χ0v) is 18.3. The Morgan fingerprint density at radius 2 is 1.55 bits per heavy atom. The number of aryl methyl sites for hydroxylation is 1. The quantitative estimate of drug-likeness (QED) is 0.371. The van der Waals surface area contributed by atoms with Gasteiger partial charge in [-0.05, 0) is 36.8 Å². The number of unbranched alkanes of at least 4 members (excludes halogenated alkanes) is 6. The molecule has 2 nitrogen and oxygen atoms in total. The van der Waals surface area contributed by atoms with Crippen LogP contribution in [0.4, 0.5) is 18.9 Å². The molecular weight excluding hydrogens is 399 g/mol. The van der Waals surface area contributed by atoms with Crippen LogP contribution in [-0.4, -0.2) is 12.5 Å². The van der Waals surface area contributed by atoms with Crippen molar-refractivity contribution in [2.24, 2.45) is 5.92 Å². The lowest BCUT2D eigenvalue weighted by Crippen LogP contribution is -2.40. The zero-order chi connectivity index (χ0) is 22.2. The van der Waals surface area contributed by atoms with Crippen molar-refractivity contribution in [3.8, 4) is 0 Å². The molecule has 0 fully saturated rings. The molecule has 31 heavy (non-hydrogen) atoms. The number of amides is 1. The van der Waals surface area contributed by atoms with Gasteiger partial charge in [-0.15, -0.1) is 0 Å². The van der Waals surface area contributed by atoms with Crippen LogP contribution in [0.25, 0.3) is 0 Å². The summed E-state index contributed by atoms with van der Waals surface area (Å²) >= 11 is 0. The first-order valence-corrected chi connectivity index (χ1v) is 11.5. The molecule has 0 aliphatic heterocycles. The fourth-order valence-corrected chi connectivity index (χ4v) is 4.48. The Hall–Kier alpha value is -2.30. The lowest BCUT2D eigenvalue weighted by molar-refractivity contribution is -0.122. The molecule has 1 amide bonds. The number of hydrogen-bond acceptors (Lipinski definition) is 1. The normalized spacial score (nSPS) is 15.5. The molecule has 0 saturated carbocycles. The van der Waals surface area contributed by atoms with Crippen LogP contribution in [-0.2, 0) is 17.6 Å². The van der Waals surface area contributed by atoms with Crippen LogP contribution >= 0.6 is 0 Å². The predicted molar refractivity (Wildman–Crippen MR) is 119 cm³/mol. The SMILES string of the molecule is CCCCCCCCCN(C(=O)C1CCc2ccccc2C1)c1c(F)cc(F)cc1F. The molecule has 0 saturated heterocycles. The molecular formula is C26H32F3NO. The third-order valence-electron chi connectivity index (χ3n) is 6.20. The van der Waals surface area contributed by atoms with Crippen molar-refractivity contribution in [1.29, 1.82) is 0 Å². The molecule has 1 aliphatic rings. The molecule has 0 radical (unpaired) electrons. The van der Waals surface area contributed by atoms with Gasteiger partial charge in [0.05, 0.1) is 0 Å². The third kappa shape index (κ3) is 6.11. The van der Waals surface area contributed by atoms with Gasteiger partial charge in [0.1, 0.15) is 11.5 Å². The summed E-state index contributed by atoms with van der Waals surface area (Å²) in [5.74, 6) is -3.63. The van der Waals surface area contributed by atoms with Gasteiger partial charge in [0.2, 0.25) is 5.91 Å². The highest BCUT2D eigenvalue weighted by atomic mass is 19.1. The van der Waals surface area contributed by atoms with Gasteiger partial charge in [0.25, 0.3) is 0 Å². The minimum Gasteiger partial charge on any atom is -0.307 e. The topological polar surface area (TPSA) is 20.3 Å². The second-order valence-corrected chi connectivity index (χ2v) is 8.54. The maximum atomic E-state index is 14.6. The lowest BCUT2D eigenvalue weighted by atomic mass is 9.83. The van der Waals surface area contributed by atoms with Crippen molar-refractivity contribution in [3.05, 3.63) is 65.0 Å². The smallest absolute Gasteiger partial charge is 0.230 e. The first-order chi connectivity index (χ1) is 15.0. The highest BCUT2D eigenvalue weighted by Gasteiger charge is 2.31. The van der Waals surface area contributed by atoms with Crippen LogP contribution in [0.2, 0.25) is 0 Å². The summed E-state index contributed by atoms with van der Waals surface area (Å²) in [6.07, 6.45) is 9.26. The minimum absolute atomic E-state index is 0.240. The summed E-state index contributed by atoms with van der Waals surface area (Å²) in [5, 5.41) is 0. The van der Waals surface area contributed by atoms with Crippen LogP contribution in [0.1, 0.15) is 69.4 Å². The van der Waals surface area contributed by atoms with Crippen LogP contribution in [0.3, 0.4) is 0 Å². The second-order valence-electron chi connectivity index (χ2n) is 8.54. The molecule has 0 spiro atoms. The fraction of sp³-hybridized carbons (Fsp3) is 0.500. The van der Waals surface area contributed by atoms with Crippen molar-refractivity contribution < 1.29 is 18.0 Å². The first-order valence-electron chi connectivity index (χ1n) is 11.5. The Morgan fingerprint density at radius 3 is 2.23 bits per heavy atom. The minimum atomic E-state index is -1.02. The molecule has 0 N–H and O–H groups in total. The van der Waals surface area contributed by atoms with Crippen molar-refractivity contribution >= 4 is 11.6 Å². The number of rotatable bonds is 10. The van der Waals surface area contributed by atoms with Crippen LogP contribution in [0, 0.1) is 23.4 Å². The molecule has 1 atom stereocenters. The zero-order valence-electron chi connectivity index (χ0n) is 18.3. The van der Waals surface area contributed by atoms with Gasteiger partial charge in [0, 0.05) is 24.6 Å². The molecule has 0 heterocycles. The van der Waals surface area contributed by atoms with E-state index in [2.05, 4.69) is 13.0 Å². The molecule has 1 unspecified atom stereocenters. The van der Waals surface area contributed by atoms with Gasteiger partial charge in [-0.3, -0.25) is 4.79 Å². The van der Waals surface area contributed by atoms with Crippen LogP contribution in [0.5, 0.6) is 0 Å².